The van der Waals surface area contributed by atoms with Crippen LogP contribution in [0.15, 0.2) is 18.2 Å². The highest BCUT2D eigenvalue weighted by molar-refractivity contribution is 5.68. The van der Waals surface area contributed by atoms with E-state index < -0.39 is 23.5 Å². The molecule has 1 aliphatic rings. The van der Waals surface area contributed by atoms with Crippen LogP contribution in [-0.2, 0) is 30.3 Å². The Bertz CT molecular complexity index is 696. The quantitative estimate of drug-likeness (QED) is 0.750. The van der Waals surface area contributed by atoms with E-state index in [-0.39, 0.29) is 18.9 Å². The van der Waals surface area contributed by atoms with Gasteiger partial charge in [0.15, 0.2) is 5.60 Å². The van der Waals surface area contributed by atoms with Crippen molar-refractivity contribution in [1.82, 2.24) is 0 Å². The molecule has 0 aromatic heterocycles. The number of esters is 2. The third kappa shape index (κ3) is 4.62. The maximum atomic E-state index is 11.7. The first kappa shape index (κ1) is 19.9. The Morgan fingerprint density at radius 3 is 2.58 bits per heavy atom. The minimum Gasteiger partial charge on any atom is -0.481 e. The van der Waals surface area contributed by atoms with Crippen LogP contribution in [0.3, 0.4) is 0 Å². The Balaban J connectivity index is 2.37. The van der Waals surface area contributed by atoms with Gasteiger partial charge in [0.25, 0.3) is 0 Å². The van der Waals surface area contributed by atoms with Crippen molar-refractivity contribution in [3.63, 3.8) is 0 Å². The number of carboxylic acids is 1. The molecule has 0 spiro atoms. The summed E-state index contributed by atoms with van der Waals surface area (Å²) >= 11 is 0. The van der Waals surface area contributed by atoms with Crippen molar-refractivity contribution < 1.29 is 29.0 Å². The Morgan fingerprint density at radius 2 is 1.96 bits per heavy atom. The normalized spacial score (nSPS) is 22.0. The zero-order valence-corrected chi connectivity index (χ0v) is 15.5. The van der Waals surface area contributed by atoms with Crippen LogP contribution in [0.25, 0.3) is 0 Å². The number of aryl methyl sites for hydroxylation is 1. The van der Waals surface area contributed by atoms with Crippen LogP contribution in [0, 0.1) is 6.92 Å². The summed E-state index contributed by atoms with van der Waals surface area (Å²) in [6.07, 6.45) is 2.82. The van der Waals surface area contributed by atoms with Gasteiger partial charge in [-0.15, -0.1) is 0 Å². The second kappa shape index (κ2) is 8.34. The van der Waals surface area contributed by atoms with Gasteiger partial charge in [0.1, 0.15) is 6.61 Å². The highest BCUT2D eigenvalue weighted by atomic mass is 16.6. The third-order valence-corrected chi connectivity index (χ3v) is 5.07. The van der Waals surface area contributed by atoms with Crippen LogP contribution < -0.4 is 0 Å². The van der Waals surface area contributed by atoms with Crippen molar-refractivity contribution in [3.05, 3.63) is 34.9 Å². The van der Waals surface area contributed by atoms with E-state index in [1.54, 1.807) is 0 Å². The van der Waals surface area contributed by atoms with Crippen molar-refractivity contribution in [3.8, 4) is 0 Å². The lowest BCUT2D eigenvalue weighted by atomic mass is 9.81. The molecule has 0 amide bonds. The van der Waals surface area contributed by atoms with Gasteiger partial charge in [-0.05, 0) is 49.3 Å². The van der Waals surface area contributed by atoms with Crippen LogP contribution in [0.1, 0.15) is 62.1 Å². The van der Waals surface area contributed by atoms with Crippen molar-refractivity contribution in [2.24, 2.45) is 0 Å². The Kier molecular flexibility index (Phi) is 6.40. The summed E-state index contributed by atoms with van der Waals surface area (Å²) in [7, 11) is 0. The summed E-state index contributed by atoms with van der Waals surface area (Å²) in [5.41, 5.74) is 2.15. The van der Waals surface area contributed by atoms with Gasteiger partial charge in [0.2, 0.25) is 0 Å². The topological polar surface area (TPSA) is 89.9 Å². The highest BCUT2D eigenvalue weighted by Gasteiger charge is 2.48. The van der Waals surface area contributed by atoms with E-state index in [1.807, 2.05) is 25.1 Å². The lowest BCUT2D eigenvalue weighted by Gasteiger charge is -2.35. The fraction of sp³-hybridized carbons (Fsp3) is 0.550. The van der Waals surface area contributed by atoms with Crippen molar-refractivity contribution in [1.29, 1.82) is 0 Å². The van der Waals surface area contributed by atoms with E-state index in [4.69, 9.17) is 14.6 Å². The van der Waals surface area contributed by atoms with Crippen molar-refractivity contribution >= 4 is 17.9 Å². The standard InChI is InChI=1S/C20H26O6/c1-13-16(9-10-19(23)24)6-4-7-17(13)18-8-5-11-20(18,26-15(3)22)12-25-14(2)21/h4,6-7,18H,5,8-12H2,1-3H3,(H,23,24)/t18-,20+/m0/s1. The molecule has 0 bridgehead atoms. The van der Waals surface area contributed by atoms with Gasteiger partial charge in [-0.2, -0.15) is 0 Å². The third-order valence-electron chi connectivity index (χ3n) is 5.07. The fourth-order valence-corrected chi connectivity index (χ4v) is 3.91. The maximum absolute atomic E-state index is 11.7. The van der Waals surface area contributed by atoms with E-state index in [9.17, 15) is 14.4 Å². The Hall–Kier alpha value is -2.37. The number of carboxylic acid groups (broad SMARTS) is 1. The molecule has 26 heavy (non-hydrogen) atoms. The molecule has 6 heteroatoms. The number of benzene rings is 1. The van der Waals surface area contributed by atoms with Gasteiger partial charge >= 0.3 is 17.9 Å². The van der Waals surface area contributed by atoms with E-state index in [0.717, 1.165) is 29.5 Å². The molecular weight excluding hydrogens is 336 g/mol. The molecule has 1 aromatic carbocycles. The first-order valence-electron chi connectivity index (χ1n) is 8.88. The highest BCUT2D eigenvalue weighted by Crippen LogP contribution is 2.47. The number of hydrogen-bond donors (Lipinski definition) is 1. The fourth-order valence-electron chi connectivity index (χ4n) is 3.91. The summed E-state index contributed by atoms with van der Waals surface area (Å²) in [5, 5.41) is 8.94. The molecule has 1 aliphatic carbocycles. The van der Waals surface area contributed by atoms with Crippen LogP contribution >= 0.6 is 0 Å². The molecule has 1 aromatic rings. The van der Waals surface area contributed by atoms with Crippen molar-refractivity contribution in [2.45, 2.75) is 64.4 Å². The Labute approximate surface area is 153 Å². The second-order valence-corrected chi connectivity index (χ2v) is 6.91. The SMILES string of the molecule is CC(=O)OC[C@]1(OC(C)=O)CCC[C@H]1c1cccc(CCC(=O)O)c1C. The minimum atomic E-state index is -0.867. The molecule has 1 N–H and O–H groups in total. The predicted octanol–water partition coefficient (Wildman–Crippen LogP) is 3.14. The molecule has 6 nitrogen and oxygen atoms in total. The smallest absolute Gasteiger partial charge is 0.303 e. The van der Waals surface area contributed by atoms with Gasteiger partial charge in [0.05, 0.1) is 0 Å². The molecule has 2 rings (SSSR count). The van der Waals surface area contributed by atoms with Gasteiger partial charge in [0, 0.05) is 26.2 Å². The molecular formula is C20H26O6. The number of carbonyl (C=O) groups is 3. The first-order chi connectivity index (χ1) is 12.2. The van der Waals surface area contributed by atoms with E-state index in [0.29, 0.717) is 12.8 Å². The summed E-state index contributed by atoms with van der Waals surface area (Å²) in [4.78, 5) is 33.9. The maximum Gasteiger partial charge on any atom is 0.303 e. The summed E-state index contributed by atoms with van der Waals surface area (Å²) in [6.45, 7) is 4.70. The number of ether oxygens (including phenoxy) is 2. The number of rotatable bonds is 7. The van der Waals surface area contributed by atoms with Crippen LogP contribution in [0.4, 0.5) is 0 Å². The van der Waals surface area contributed by atoms with Gasteiger partial charge in [-0.25, -0.2) is 0 Å². The number of aliphatic carboxylic acids is 1. The molecule has 142 valence electrons. The predicted molar refractivity (Wildman–Crippen MR) is 94.9 cm³/mol. The molecule has 0 aliphatic heterocycles. The zero-order chi connectivity index (χ0) is 19.3. The molecule has 1 fully saturated rings. The Morgan fingerprint density at radius 1 is 1.23 bits per heavy atom. The van der Waals surface area contributed by atoms with Crippen LogP contribution in [0.2, 0.25) is 0 Å². The molecule has 0 saturated heterocycles. The molecule has 1 saturated carbocycles. The summed E-state index contributed by atoms with van der Waals surface area (Å²) in [5.74, 6) is -1.73. The largest absolute Gasteiger partial charge is 0.481 e. The van der Waals surface area contributed by atoms with E-state index in [2.05, 4.69) is 0 Å². The first-order valence-corrected chi connectivity index (χ1v) is 8.88. The number of hydrogen-bond acceptors (Lipinski definition) is 5. The van der Waals surface area contributed by atoms with E-state index >= 15 is 0 Å². The van der Waals surface area contributed by atoms with E-state index in [1.165, 1.54) is 13.8 Å². The minimum absolute atomic E-state index is 0.0331. The van der Waals surface area contributed by atoms with Crippen LogP contribution in [0.5, 0.6) is 0 Å². The molecule has 0 heterocycles. The summed E-state index contributed by atoms with van der Waals surface area (Å²) in [6, 6.07) is 5.82. The zero-order valence-electron chi connectivity index (χ0n) is 15.5. The molecule has 0 unspecified atom stereocenters. The monoisotopic (exact) mass is 362 g/mol. The average molecular weight is 362 g/mol. The lowest BCUT2D eigenvalue weighted by Crippen LogP contribution is -2.42. The van der Waals surface area contributed by atoms with Gasteiger partial charge < -0.3 is 14.6 Å². The van der Waals surface area contributed by atoms with Gasteiger partial charge in [-0.3, -0.25) is 14.4 Å². The van der Waals surface area contributed by atoms with Crippen LogP contribution in [-0.4, -0.2) is 35.2 Å². The van der Waals surface area contributed by atoms with Gasteiger partial charge in [-0.1, -0.05) is 18.2 Å². The average Bonchev–Trinajstić information content (AvgIpc) is 2.95. The summed E-state index contributed by atoms with van der Waals surface area (Å²) < 4.78 is 10.9. The molecule has 0 radical (unpaired) electrons. The second-order valence-electron chi connectivity index (χ2n) is 6.91. The molecule has 2 atom stereocenters. The lowest BCUT2D eigenvalue weighted by molar-refractivity contribution is -0.171. The van der Waals surface area contributed by atoms with Crippen molar-refractivity contribution in [2.75, 3.05) is 6.61 Å². The number of carbonyl (C=O) groups excluding carboxylic acids is 2.